The number of pyridine rings is 1. The van der Waals surface area contributed by atoms with Gasteiger partial charge in [0.2, 0.25) is 5.88 Å². The number of ether oxygens (including phenoxy) is 1. The Balaban J connectivity index is 2.98. The summed E-state index contributed by atoms with van der Waals surface area (Å²) >= 11 is 0. The maximum absolute atomic E-state index is 10.3. The number of aryl methyl sites for hydroxylation is 1. The molecule has 70 valence electrons. The molecule has 1 aromatic heterocycles. The zero-order chi connectivity index (χ0) is 9.84. The van der Waals surface area contributed by atoms with Gasteiger partial charge in [0.05, 0.1) is 11.5 Å². The Hall–Kier alpha value is -1.65. The molecular formula is C8H10N2O3. The first-order valence-corrected chi connectivity index (χ1v) is 3.89. The number of rotatable bonds is 3. The van der Waals surface area contributed by atoms with Gasteiger partial charge in [0.1, 0.15) is 6.20 Å². The average molecular weight is 182 g/mol. The Morgan fingerprint density at radius 1 is 1.69 bits per heavy atom. The zero-order valence-corrected chi connectivity index (χ0v) is 7.48. The minimum Gasteiger partial charge on any atom is -0.478 e. The van der Waals surface area contributed by atoms with E-state index in [1.54, 1.807) is 6.92 Å². The van der Waals surface area contributed by atoms with Gasteiger partial charge in [0.15, 0.2) is 0 Å². The van der Waals surface area contributed by atoms with Crippen LogP contribution in [0.2, 0.25) is 0 Å². The predicted octanol–water partition coefficient (Wildman–Crippen LogP) is 1.70. The van der Waals surface area contributed by atoms with E-state index in [0.717, 1.165) is 0 Å². The van der Waals surface area contributed by atoms with E-state index in [-0.39, 0.29) is 5.69 Å². The summed E-state index contributed by atoms with van der Waals surface area (Å²) in [5, 5.41) is 10.3. The summed E-state index contributed by atoms with van der Waals surface area (Å²) in [5.74, 6) is 0.452. The molecule has 0 bridgehead atoms. The summed E-state index contributed by atoms with van der Waals surface area (Å²) in [6.45, 7) is 4.07. The standard InChI is InChI=1S/C8H10N2O3/c1-3-13-8-6(2)4-7(5-9-8)10(11)12/h4-5H,3H2,1-2H3. The van der Waals surface area contributed by atoms with Gasteiger partial charge < -0.3 is 4.74 Å². The second kappa shape index (κ2) is 3.84. The van der Waals surface area contributed by atoms with Crippen molar-refractivity contribution in [2.45, 2.75) is 13.8 Å². The van der Waals surface area contributed by atoms with Crippen molar-refractivity contribution in [3.05, 3.63) is 27.9 Å². The normalized spacial score (nSPS) is 9.69. The molecule has 0 saturated carbocycles. The van der Waals surface area contributed by atoms with E-state index < -0.39 is 4.92 Å². The molecule has 13 heavy (non-hydrogen) atoms. The van der Waals surface area contributed by atoms with Gasteiger partial charge in [-0.3, -0.25) is 10.1 Å². The maximum atomic E-state index is 10.3. The molecule has 0 atom stereocenters. The number of hydrogen-bond donors (Lipinski definition) is 0. The Labute approximate surface area is 75.5 Å². The fourth-order valence-corrected chi connectivity index (χ4v) is 0.935. The average Bonchev–Trinajstić information content (AvgIpc) is 2.08. The second-order valence-electron chi connectivity index (χ2n) is 2.51. The third-order valence-electron chi connectivity index (χ3n) is 1.51. The van der Waals surface area contributed by atoms with Crippen molar-refractivity contribution in [2.24, 2.45) is 0 Å². The molecule has 0 aromatic carbocycles. The first kappa shape index (κ1) is 9.44. The van der Waals surface area contributed by atoms with Crippen LogP contribution in [0.3, 0.4) is 0 Å². The number of aromatic nitrogens is 1. The summed E-state index contributed by atoms with van der Waals surface area (Å²) in [7, 11) is 0. The zero-order valence-electron chi connectivity index (χ0n) is 7.48. The number of nitrogens with zero attached hydrogens (tertiary/aromatic N) is 2. The Morgan fingerprint density at radius 2 is 2.38 bits per heavy atom. The summed E-state index contributed by atoms with van der Waals surface area (Å²) in [5.41, 5.74) is 0.664. The summed E-state index contributed by atoms with van der Waals surface area (Å²) in [6, 6.07) is 1.44. The lowest BCUT2D eigenvalue weighted by atomic mass is 10.3. The van der Waals surface area contributed by atoms with Crippen LogP contribution < -0.4 is 4.74 Å². The van der Waals surface area contributed by atoms with E-state index in [9.17, 15) is 10.1 Å². The van der Waals surface area contributed by atoms with Crippen LogP contribution in [0.4, 0.5) is 5.69 Å². The van der Waals surface area contributed by atoms with Crippen LogP contribution >= 0.6 is 0 Å². The molecule has 1 aromatic rings. The van der Waals surface area contributed by atoms with E-state index in [1.165, 1.54) is 12.3 Å². The molecule has 0 saturated heterocycles. The highest BCUT2D eigenvalue weighted by Gasteiger charge is 2.09. The summed E-state index contributed by atoms with van der Waals surface area (Å²) in [4.78, 5) is 13.7. The van der Waals surface area contributed by atoms with Crippen LogP contribution in [0.15, 0.2) is 12.3 Å². The SMILES string of the molecule is CCOc1ncc([N+](=O)[O-])cc1C. The Kier molecular flexibility index (Phi) is 2.79. The summed E-state index contributed by atoms with van der Waals surface area (Å²) < 4.78 is 5.14. The lowest BCUT2D eigenvalue weighted by Crippen LogP contribution is -1.98. The Morgan fingerprint density at radius 3 is 2.85 bits per heavy atom. The topological polar surface area (TPSA) is 65.3 Å². The largest absolute Gasteiger partial charge is 0.478 e. The van der Waals surface area contributed by atoms with Gasteiger partial charge in [-0.15, -0.1) is 0 Å². The highest BCUT2D eigenvalue weighted by atomic mass is 16.6. The first-order valence-electron chi connectivity index (χ1n) is 3.89. The van der Waals surface area contributed by atoms with E-state index in [1.807, 2.05) is 6.92 Å². The lowest BCUT2D eigenvalue weighted by Gasteiger charge is -2.03. The molecule has 5 nitrogen and oxygen atoms in total. The van der Waals surface area contributed by atoms with E-state index in [0.29, 0.717) is 18.1 Å². The van der Waals surface area contributed by atoms with Crippen molar-refractivity contribution in [3.8, 4) is 5.88 Å². The monoisotopic (exact) mass is 182 g/mol. The second-order valence-corrected chi connectivity index (χ2v) is 2.51. The molecule has 5 heteroatoms. The highest BCUT2D eigenvalue weighted by molar-refractivity contribution is 5.36. The van der Waals surface area contributed by atoms with Crippen LogP contribution in [0.1, 0.15) is 12.5 Å². The van der Waals surface area contributed by atoms with E-state index in [4.69, 9.17) is 4.74 Å². The minimum absolute atomic E-state index is 0.0130. The van der Waals surface area contributed by atoms with Gasteiger partial charge in [-0.05, 0) is 13.8 Å². The first-order chi connectivity index (χ1) is 6.15. The fraction of sp³-hybridized carbons (Fsp3) is 0.375. The predicted molar refractivity (Wildman–Crippen MR) is 46.8 cm³/mol. The third kappa shape index (κ3) is 2.14. The molecule has 1 rings (SSSR count). The van der Waals surface area contributed by atoms with Gasteiger partial charge in [-0.2, -0.15) is 0 Å². The molecule has 0 amide bonds. The van der Waals surface area contributed by atoms with Crippen LogP contribution in [0.25, 0.3) is 0 Å². The molecule has 0 unspecified atom stereocenters. The van der Waals surface area contributed by atoms with Gasteiger partial charge in [-0.25, -0.2) is 4.98 Å². The van der Waals surface area contributed by atoms with Crippen LogP contribution in [-0.2, 0) is 0 Å². The van der Waals surface area contributed by atoms with Crippen molar-refractivity contribution in [1.29, 1.82) is 0 Å². The van der Waals surface area contributed by atoms with Crippen LogP contribution in [0, 0.1) is 17.0 Å². The molecular weight excluding hydrogens is 172 g/mol. The number of hydrogen-bond acceptors (Lipinski definition) is 4. The minimum atomic E-state index is -0.476. The third-order valence-corrected chi connectivity index (χ3v) is 1.51. The molecule has 0 spiro atoms. The van der Waals surface area contributed by atoms with Gasteiger partial charge in [-0.1, -0.05) is 0 Å². The van der Waals surface area contributed by atoms with Crippen LogP contribution in [-0.4, -0.2) is 16.5 Å². The summed E-state index contributed by atoms with van der Waals surface area (Å²) in [6.07, 6.45) is 1.19. The maximum Gasteiger partial charge on any atom is 0.288 e. The quantitative estimate of drug-likeness (QED) is 0.527. The number of nitro groups is 1. The van der Waals surface area contributed by atoms with Crippen LogP contribution in [0.5, 0.6) is 5.88 Å². The van der Waals surface area contributed by atoms with Crippen molar-refractivity contribution in [2.75, 3.05) is 6.61 Å². The van der Waals surface area contributed by atoms with E-state index >= 15 is 0 Å². The van der Waals surface area contributed by atoms with Gasteiger partial charge >= 0.3 is 0 Å². The molecule has 0 radical (unpaired) electrons. The van der Waals surface area contributed by atoms with Crippen molar-refractivity contribution >= 4 is 5.69 Å². The smallest absolute Gasteiger partial charge is 0.288 e. The highest BCUT2D eigenvalue weighted by Crippen LogP contribution is 2.19. The molecule has 0 aliphatic rings. The van der Waals surface area contributed by atoms with Crippen molar-refractivity contribution in [1.82, 2.24) is 4.98 Å². The van der Waals surface area contributed by atoms with Crippen molar-refractivity contribution < 1.29 is 9.66 Å². The van der Waals surface area contributed by atoms with Gasteiger partial charge in [0.25, 0.3) is 5.69 Å². The Bertz CT molecular complexity index is 325. The lowest BCUT2D eigenvalue weighted by molar-refractivity contribution is -0.385. The molecule has 0 fully saturated rings. The molecule has 0 aliphatic carbocycles. The van der Waals surface area contributed by atoms with Gasteiger partial charge in [0, 0.05) is 11.6 Å². The van der Waals surface area contributed by atoms with Crippen molar-refractivity contribution in [3.63, 3.8) is 0 Å². The molecule has 1 heterocycles. The van der Waals surface area contributed by atoms with E-state index in [2.05, 4.69) is 4.98 Å². The fourth-order valence-electron chi connectivity index (χ4n) is 0.935. The molecule has 0 aliphatic heterocycles. The molecule has 0 N–H and O–H groups in total.